The van der Waals surface area contributed by atoms with Crippen LogP contribution in [0.5, 0.6) is 0 Å². The van der Waals surface area contributed by atoms with Crippen molar-refractivity contribution in [2.45, 2.75) is 9.79 Å². The molecular weight excluding hydrogens is 506 g/mol. The molecule has 0 fully saturated rings. The van der Waals surface area contributed by atoms with E-state index in [4.69, 9.17) is 0 Å². The molecule has 0 saturated carbocycles. The van der Waals surface area contributed by atoms with Crippen molar-refractivity contribution in [1.82, 2.24) is 29.9 Å². The molecule has 4 rings (SSSR count). The molecule has 0 radical (unpaired) electrons. The Kier molecular flexibility index (Phi) is 11.9. The molecule has 2 heterocycles. The molecule has 0 atom stereocenters. The van der Waals surface area contributed by atoms with Gasteiger partial charge in [-0.15, -0.1) is 0 Å². The van der Waals surface area contributed by atoms with E-state index in [1.807, 2.05) is 0 Å². The van der Waals surface area contributed by atoms with Gasteiger partial charge < -0.3 is 9.11 Å². The monoisotopic (exact) mass is 518 g/mol. The van der Waals surface area contributed by atoms with Crippen molar-refractivity contribution in [3.63, 3.8) is 0 Å². The predicted octanol–water partition coefficient (Wildman–Crippen LogP) is -5.11. The van der Waals surface area contributed by atoms with E-state index in [0.29, 0.717) is 22.8 Å². The van der Waals surface area contributed by atoms with Gasteiger partial charge in [0.05, 0.1) is 9.79 Å². The van der Waals surface area contributed by atoms with Crippen molar-refractivity contribution in [3.05, 3.63) is 73.8 Å². The molecule has 16 heteroatoms. The van der Waals surface area contributed by atoms with Gasteiger partial charge in [0, 0.05) is 11.1 Å². The van der Waals surface area contributed by atoms with Crippen LogP contribution in [0.1, 0.15) is 0 Å². The molecule has 4 aromatic rings. The summed E-state index contributed by atoms with van der Waals surface area (Å²) >= 11 is 0. The minimum atomic E-state index is -4.40. The minimum Gasteiger partial charge on any atom is -0.744 e. The number of aromatic nitrogens is 6. The Balaban J connectivity index is 0.000000321. The third-order valence-corrected chi connectivity index (χ3v) is 5.49. The number of hydrogen-bond acceptors (Lipinski definition) is 12. The summed E-state index contributed by atoms with van der Waals surface area (Å²) in [5.41, 5.74) is 1.24. The van der Waals surface area contributed by atoms with Crippen LogP contribution in [0.3, 0.4) is 0 Å². The molecule has 2 aromatic carbocycles. The SMILES string of the molecule is O=S(=O)([O-])c1ccc(-c2ncncn2)cc1.O=S(=O)([O-])c1ccc(-c2ncncn2)cc1.[Na+].[Na+]. The third kappa shape index (κ3) is 8.81. The quantitative estimate of drug-likeness (QED) is 0.185. The van der Waals surface area contributed by atoms with Gasteiger partial charge in [0.15, 0.2) is 11.6 Å². The van der Waals surface area contributed by atoms with Gasteiger partial charge in [-0.05, 0) is 48.5 Å². The van der Waals surface area contributed by atoms with Crippen molar-refractivity contribution < 1.29 is 85.1 Å². The van der Waals surface area contributed by atoms with Gasteiger partial charge in [-0.1, -0.05) is 0 Å². The van der Waals surface area contributed by atoms with Crippen LogP contribution in [-0.4, -0.2) is 55.8 Å². The molecular formula is C18H12N6Na2O6S2. The molecule has 34 heavy (non-hydrogen) atoms. The second kappa shape index (κ2) is 13.4. The zero-order chi connectivity index (χ0) is 23.2. The Labute approximate surface area is 239 Å². The van der Waals surface area contributed by atoms with E-state index in [-0.39, 0.29) is 68.9 Å². The number of nitrogens with zero attached hydrogens (tertiary/aromatic N) is 6. The molecule has 0 saturated heterocycles. The summed E-state index contributed by atoms with van der Waals surface area (Å²) in [7, 11) is -8.81. The van der Waals surface area contributed by atoms with E-state index in [0.717, 1.165) is 0 Å². The maximum Gasteiger partial charge on any atom is 1.00 e. The summed E-state index contributed by atoms with van der Waals surface area (Å²) in [4.78, 5) is 22.3. The summed E-state index contributed by atoms with van der Waals surface area (Å²) in [6.07, 6.45) is 5.34. The van der Waals surface area contributed by atoms with Crippen molar-refractivity contribution in [2.24, 2.45) is 0 Å². The van der Waals surface area contributed by atoms with Crippen molar-refractivity contribution in [3.8, 4) is 22.8 Å². The standard InChI is InChI=1S/2C9H7N3O3S.2Na/c2*13-16(14,15)8-3-1-7(2-4-8)9-11-5-10-6-12-9;;/h2*1-6H,(H,13,14,15);;/q;;2*+1/p-2. The van der Waals surface area contributed by atoms with Crippen LogP contribution in [0.15, 0.2) is 83.6 Å². The van der Waals surface area contributed by atoms with Gasteiger partial charge in [-0.3, -0.25) is 0 Å². The molecule has 0 unspecified atom stereocenters. The van der Waals surface area contributed by atoms with Crippen molar-refractivity contribution in [1.29, 1.82) is 0 Å². The second-order valence-electron chi connectivity index (χ2n) is 5.88. The molecule has 0 aliphatic rings. The Hall–Kier alpha value is -1.72. The average molecular weight is 518 g/mol. The largest absolute Gasteiger partial charge is 1.00 e. The summed E-state index contributed by atoms with van der Waals surface area (Å²) in [6.45, 7) is 0. The maximum atomic E-state index is 10.7. The van der Waals surface area contributed by atoms with Crippen LogP contribution >= 0.6 is 0 Å². The van der Waals surface area contributed by atoms with E-state index in [1.165, 1.54) is 73.8 Å². The molecule has 0 aliphatic heterocycles. The predicted molar refractivity (Wildman–Crippen MR) is 106 cm³/mol. The number of benzene rings is 2. The van der Waals surface area contributed by atoms with Crippen molar-refractivity contribution >= 4 is 20.2 Å². The summed E-state index contributed by atoms with van der Waals surface area (Å²) in [5, 5.41) is 0. The van der Waals surface area contributed by atoms with Gasteiger partial charge in [-0.25, -0.2) is 46.7 Å². The van der Waals surface area contributed by atoms with Gasteiger partial charge in [0.25, 0.3) is 0 Å². The molecule has 12 nitrogen and oxygen atoms in total. The topological polar surface area (TPSA) is 192 Å². The molecule has 164 valence electrons. The normalized spacial score (nSPS) is 10.6. The van der Waals surface area contributed by atoms with Crippen LogP contribution in [0.4, 0.5) is 0 Å². The minimum absolute atomic E-state index is 0. The van der Waals surface area contributed by atoms with Crippen LogP contribution in [0, 0.1) is 0 Å². The fourth-order valence-electron chi connectivity index (χ4n) is 2.32. The van der Waals surface area contributed by atoms with E-state index >= 15 is 0 Å². The fourth-order valence-corrected chi connectivity index (χ4v) is 3.26. The first kappa shape index (κ1) is 30.3. The van der Waals surface area contributed by atoms with Crippen LogP contribution < -0.4 is 59.1 Å². The maximum absolute atomic E-state index is 10.7. The molecule has 0 amide bonds. The first-order valence-corrected chi connectivity index (χ1v) is 11.3. The fraction of sp³-hybridized carbons (Fsp3) is 0. The molecule has 2 aromatic heterocycles. The second-order valence-corrected chi connectivity index (χ2v) is 8.64. The van der Waals surface area contributed by atoms with Crippen LogP contribution in [0.2, 0.25) is 0 Å². The zero-order valence-corrected chi connectivity index (χ0v) is 23.5. The first-order valence-electron chi connectivity index (χ1n) is 8.51. The molecule has 0 N–H and O–H groups in total. The van der Waals surface area contributed by atoms with Crippen LogP contribution in [-0.2, 0) is 20.2 Å². The van der Waals surface area contributed by atoms with E-state index in [1.54, 1.807) is 0 Å². The average Bonchev–Trinajstić information content (AvgIpc) is 2.80. The summed E-state index contributed by atoms with van der Waals surface area (Å²) in [5.74, 6) is 0.842. The van der Waals surface area contributed by atoms with Gasteiger partial charge >= 0.3 is 59.1 Å². The smallest absolute Gasteiger partial charge is 0.744 e. The zero-order valence-electron chi connectivity index (χ0n) is 17.9. The number of rotatable bonds is 4. The summed E-state index contributed by atoms with van der Waals surface area (Å²) < 4.78 is 64.1. The van der Waals surface area contributed by atoms with Gasteiger partial charge in [-0.2, -0.15) is 0 Å². The third-order valence-electron chi connectivity index (χ3n) is 3.79. The Bertz CT molecular complexity index is 1280. The van der Waals surface area contributed by atoms with Crippen LogP contribution in [0.25, 0.3) is 22.8 Å². The molecule has 0 bridgehead atoms. The van der Waals surface area contributed by atoms with E-state index in [9.17, 15) is 25.9 Å². The summed E-state index contributed by atoms with van der Waals surface area (Å²) in [6, 6.07) is 10.8. The Morgan fingerprint density at radius 1 is 0.500 bits per heavy atom. The van der Waals surface area contributed by atoms with Gasteiger partial charge in [0.2, 0.25) is 0 Å². The van der Waals surface area contributed by atoms with Crippen molar-refractivity contribution in [2.75, 3.05) is 0 Å². The van der Waals surface area contributed by atoms with E-state index in [2.05, 4.69) is 29.9 Å². The Morgan fingerprint density at radius 3 is 1.00 bits per heavy atom. The number of hydrogen-bond donors (Lipinski definition) is 0. The van der Waals surface area contributed by atoms with Gasteiger partial charge in [0.1, 0.15) is 45.5 Å². The first-order chi connectivity index (χ1) is 15.1. The van der Waals surface area contributed by atoms with E-state index < -0.39 is 20.2 Å². The Morgan fingerprint density at radius 2 is 0.765 bits per heavy atom. The molecule has 0 spiro atoms. The molecule has 0 aliphatic carbocycles.